The zero-order valence-electron chi connectivity index (χ0n) is 14.1. The molecule has 118 valence electrons. The monoisotopic (exact) mass is 292 g/mol. The van der Waals surface area contributed by atoms with Gasteiger partial charge in [-0.15, -0.1) is 0 Å². The molecule has 2 N–H and O–H groups in total. The predicted octanol–water partition coefficient (Wildman–Crippen LogP) is 1.92. The molecule has 1 aromatic rings. The van der Waals surface area contributed by atoms with Gasteiger partial charge in [-0.1, -0.05) is 0 Å². The smallest absolute Gasteiger partial charge is 0.217 e. The van der Waals surface area contributed by atoms with Crippen LogP contribution >= 0.6 is 0 Å². The zero-order chi connectivity index (χ0) is 16.0. The summed E-state index contributed by atoms with van der Waals surface area (Å²) >= 11 is 0. The van der Waals surface area contributed by atoms with Crippen LogP contribution in [0.4, 0.5) is 0 Å². The second kappa shape index (κ2) is 7.50. The molecule has 1 aromatic heterocycles. The molecule has 21 heavy (non-hydrogen) atoms. The van der Waals surface area contributed by atoms with E-state index in [2.05, 4.69) is 27.5 Å². The lowest BCUT2D eigenvalue weighted by molar-refractivity contribution is -0.120. The first-order chi connectivity index (χ1) is 9.68. The van der Waals surface area contributed by atoms with Crippen LogP contribution in [0.5, 0.6) is 0 Å². The van der Waals surface area contributed by atoms with Crippen molar-refractivity contribution in [2.24, 2.45) is 0 Å². The summed E-state index contributed by atoms with van der Waals surface area (Å²) in [6.45, 7) is 12.6. The number of nitrogens with zero attached hydrogens (tertiary/aromatic N) is 2. The topological polar surface area (TPSA) is 66.9 Å². The van der Waals surface area contributed by atoms with Gasteiger partial charge in [0.2, 0.25) is 5.91 Å². The molecule has 1 unspecified atom stereocenters. The Morgan fingerprint density at radius 1 is 1.29 bits per heavy atom. The summed E-state index contributed by atoms with van der Waals surface area (Å²) in [4.78, 5) is 20.0. The fourth-order valence-corrected chi connectivity index (χ4v) is 2.71. The molecule has 5 heteroatoms. The van der Waals surface area contributed by atoms with Crippen LogP contribution in [0.15, 0.2) is 6.07 Å². The van der Waals surface area contributed by atoms with Crippen molar-refractivity contribution >= 4 is 5.91 Å². The van der Waals surface area contributed by atoms with E-state index in [-0.39, 0.29) is 11.4 Å². The van der Waals surface area contributed by atoms with Crippen LogP contribution in [-0.2, 0) is 11.2 Å². The molecule has 5 nitrogen and oxygen atoms in total. The van der Waals surface area contributed by atoms with Gasteiger partial charge in [-0.05, 0) is 47.1 Å². The third kappa shape index (κ3) is 7.18. The molecule has 1 atom stereocenters. The van der Waals surface area contributed by atoms with Crippen molar-refractivity contribution in [2.75, 3.05) is 6.54 Å². The highest BCUT2D eigenvalue weighted by Crippen LogP contribution is 2.11. The lowest BCUT2D eigenvalue weighted by atomic mass is 9.96. The number of rotatable bonds is 7. The maximum absolute atomic E-state index is 11.2. The van der Waals surface area contributed by atoms with Gasteiger partial charge < -0.3 is 10.6 Å². The SMILES string of the molecule is CC(=O)NC(C)(C)CC(C)NCCc1nc(C)cc(C)n1. The highest BCUT2D eigenvalue weighted by Gasteiger charge is 2.21. The first kappa shape index (κ1) is 17.6. The Bertz CT molecular complexity index is 465. The fourth-order valence-electron chi connectivity index (χ4n) is 2.71. The molecule has 0 aromatic carbocycles. The fraction of sp³-hybridized carbons (Fsp3) is 0.688. The molecule has 0 aliphatic carbocycles. The highest BCUT2D eigenvalue weighted by molar-refractivity contribution is 5.73. The quantitative estimate of drug-likeness (QED) is 0.806. The molecular formula is C16H28N4O. The predicted molar refractivity (Wildman–Crippen MR) is 85.2 cm³/mol. The average molecular weight is 292 g/mol. The Morgan fingerprint density at radius 2 is 1.86 bits per heavy atom. The van der Waals surface area contributed by atoms with Crippen molar-refractivity contribution < 1.29 is 4.79 Å². The van der Waals surface area contributed by atoms with Crippen LogP contribution in [0.3, 0.4) is 0 Å². The maximum atomic E-state index is 11.2. The van der Waals surface area contributed by atoms with E-state index in [0.29, 0.717) is 6.04 Å². The van der Waals surface area contributed by atoms with Crippen molar-refractivity contribution in [1.29, 1.82) is 0 Å². The molecule has 1 amide bonds. The summed E-state index contributed by atoms with van der Waals surface area (Å²) in [7, 11) is 0. The molecule has 0 bridgehead atoms. The van der Waals surface area contributed by atoms with Crippen LogP contribution in [0.2, 0.25) is 0 Å². The van der Waals surface area contributed by atoms with E-state index >= 15 is 0 Å². The molecule has 0 saturated heterocycles. The van der Waals surface area contributed by atoms with E-state index in [4.69, 9.17) is 0 Å². The average Bonchev–Trinajstić information content (AvgIpc) is 2.24. The first-order valence-electron chi connectivity index (χ1n) is 7.51. The number of aryl methyl sites for hydroxylation is 2. The number of amides is 1. The van der Waals surface area contributed by atoms with Crippen molar-refractivity contribution in [3.05, 3.63) is 23.3 Å². The van der Waals surface area contributed by atoms with Crippen molar-refractivity contribution in [1.82, 2.24) is 20.6 Å². The number of carbonyl (C=O) groups excluding carboxylic acids is 1. The number of hydrogen-bond acceptors (Lipinski definition) is 4. The van der Waals surface area contributed by atoms with Gasteiger partial charge in [-0.2, -0.15) is 0 Å². The van der Waals surface area contributed by atoms with Gasteiger partial charge in [0.1, 0.15) is 5.82 Å². The number of carbonyl (C=O) groups is 1. The second-order valence-corrected chi connectivity index (χ2v) is 6.44. The minimum absolute atomic E-state index is 0.0100. The van der Waals surface area contributed by atoms with Crippen molar-refractivity contribution in [2.45, 2.75) is 66.0 Å². The third-order valence-corrected chi connectivity index (χ3v) is 3.20. The molecule has 0 saturated carbocycles. The Labute approximate surface area is 128 Å². The lowest BCUT2D eigenvalue weighted by Gasteiger charge is -2.29. The summed E-state index contributed by atoms with van der Waals surface area (Å²) in [6.07, 6.45) is 1.69. The molecule has 0 fully saturated rings. The van der Waals surface area contributed by atoms with E-state index in [1.165, 1.54) is 0 Å². The molecule has 1 rings (SSSR count). The third-order valence-electron chi connectivity index (χ3n) is 3.20. The minimum Gasteiger partial charge on any atom is -0.351 e. The lowest BCUT2D eigenvalue weighted by Crippen LogP contribution is -2.47. The van der Waals surface area contributed by atoms with Gasteiger partial charge >= 0.3 is 0 Å². The van der Waals surface area contributed by atoms with Crippen LogP contribution < -0.4 is 10.6 Å². The van der Waals surface area contributed by atoms with E-state index in [1.54, 1.807) is 6.92 Å². The van der Waals surface area contributed by atoms with E-state index < -0.39 is 0 Å². The Hall–Kier alpha value is -1.49. The Morgan fingerprint density at radius 3 is 2.38 bits per heavy atom. The largest absolute Gasteiger partial charge is 0.351 e. The summed E-state index contributed by atoms with van der Waals surface area (Å²) < 4.78 is 0. The van der Waals surface area contributed by atoms with Crippen LogP contribution in [0.25, 0.3) is 0 Å². The number of aromatic nitrogens is 2. The Balaban J connectivity index is 2.39. The second-order valence-electron chi connectivity index (χ2n) is 6.44. The van der Waals surface area contributed by atoms with E-state index in [0.717, 1.165) is 36.6 Å². The van der Waals surface area contributed by atoms with Crippen LogP contribution in [-0.4, -0.2) is 34.0 Å². The summed E-state index contributed by atoms with van der Waals surface area (Å²) in [5, 5.41) is 6.44. The Kier molecular flexibility index (Phi) is 6.27. The van der Waals surface area contributed by atoms with Crippen molar-refractivity contribution in [3.63, 3.8) is 0 Å². The highest BCUT2D eigenvalue weighted by atomic mass is 16.1. The molecule has 0 aliphatic heterocycles. The van der Waals surface area contributed by atoms with Gasteiger partial charge in [0.25, 0.3) is 0 Å². The first-order valence-corrected chi connectivity index (χ1v) is 7.51. The molecular weight excluding hydrogens is 264 g/mol. The van der Waals surface area contributed by atoms with Crippen molar-refractivity contribution in [3.8, 4) is 0 Å². The van der Waals surface area contributed by atoms with Gasteiger partial charge in [0.15, 0.2) is 0 Å². The van der Waals surface area contributed by atoms with Crippen LogP contribution in [0, 0.1) is 13.8 Å². The van der Waals surface area contributed by atoms with Gasteiger partial charge in [0.05, 0.1) is 0 Å². The minimum atomic E-state index is -0.200. The molecule has 0 radical (unpaired) electrons. The summed E-state index contributed by atoms with van der Waals surface area (Å²) in [5.41, 5.74) is 1.82. The summed E-state index contributed by atoms with van der Waals surface area (Å²) in [5.74, 6) is 0.893. The molecule has 0 aliphatic rings. The van der Waals surface area contributed by atoms with Gasteiger partial charge in [-0.3, -0.25) is 4.79 Å². The number of hydrogen-bond donors (Lipinski definition) is 2. The molecule has 0 spiro atoms. The zero-order valence-corrected chi connectivity index (χ0v) is 14.1. The normalized spacial score (nSPS) is 13.0. The standard InChI is InChI=1S/C16H28N4O/c1-11-9-12(2)19-15(18-11)7-8-17-13(3)10-16(5,6)20-14(4)21/h9,13,17H,7-8,10H2,1-6H3,(H,20,21). The maximum Gasteiger partial charge on any atom is 0.217 e. The summed E-state index contributed by atoms with van der Waals surface area (Å²) in [6, 6.07) is 2.30. The number of nitrogens with one attached hydrogen (secondary N) is 2. The van der Waals surface area contributed by atoms with E-state index in [9.17, 15) is 4.79 Å². The van der Waals surface area contributed by atoms with Crippen LogP contribution in [0.1, 0.15) is 51.3 Å². The van der Waals surface area contributed by atoms with Gasteiger partial charge in [-0.25, -0.2) is 9.97 Å². The van der Waals surface area contributed by atoms with Gasteiger partial charge in [0, 0.05) is 42.9 Å². The molecule has 1 heterocycles. The van der Waals surface area contributed by atoms with E-state index in [1.807, 2.05) is 33.8 Å².